The van der Waals surface area contributed by atoms with Crippen molar-refractivity contribution in [1.29, 1.82) is 0 Å². The van der Waals surface area contributed by atoms with Crippen LogP contribution < -0.4 is 5.73 Å². The van der Waals surface area contributed by atoms with Crippen molar-refractivity contribution in [3.05, 3.63) is 34.9 Å². The number of hydrogen-bond acceptors (Lipinski definition) is 2. The molecule has 0 bridgehead atoms. The van der Waals surface area contributed by atoms with Crippen LogP contribution in [0.2, 0.25) is 0 Å². The molecule has 0 radical (unpaired) electrons. The first-order valence-electron chi connectivity index (χ1n) is 6.04. The lowest BCUT2D eigenvalue weighted by Gasteiger charge is -2.41. The molecule has 5 heteroatoms. The van der Waals surface area contributed by atoms with E-state index in [9.17, 15) is 18.3 Å². The molecule has 0 saturated carbocycles. The van der Waals surface area contributed by atoms with Gasteiger partial charge in [0.05, 0.1) is 5.56 Å². The molecule has 0 aliphatic carbocycles. The fourth-order valence-electron chi connectivity index (χ4n) is 2.12. The molecule has 0 aliphatic rings. The van der Waals surface area contributed by atoms with Gasteiger partial charge in [0.1, 0.15) is 5.60 Å². The summed E-state index contributed by atoms with van der Waals surface area (Å²) in [4.78, 5) is 0. The van der Waals surface area contributed by atoms with Crippen LogP contribution in [0.5, 0.6) is 0 Å². The highest BCUT2D eigenvalue weighted by Gasteiger charge is 2.42. The summed E-state index contributed by atoms with van der Waals surface area (Å²) in [7, 11) is 0. The van der Waals surface area contributed by atoms with Gasteiger partial charge in [-0.25, -0.2) is 0 Å². The standard InChI is InChI=1S/C14H20F3NO/c1-9-7-10(14(15,16)17)5-6-11(9)13(19,8-18)12(2,3)4/h5-7,19H,8,18H2,1-4H3. The number of hydrogen-bond donors (Lipinski definition) is 2. The molecule has 1 aromatic carbocycles. The van der Waals surface area contributed by atoms with Crippen molar-refractivity contribution in [2.75, 3.05) is 6.54 Å². The second-order valence-electron chi connectivity index (χ2n) is 5.84. The maximum atomic E-state index is 12.6. The molecular formula is C14H20F3NO. The Labute approximate surface area is 111 Å². The Morgan fingerprint density at radius 1 is 1.16 bits per heavy atom. The smallest absolute Gasteiger partial charge is 0.383 e. The SMILES string of the molecule is Cc1cc(C(F)(F)F)ccc1C(O)(CN)C(C)(C)C. The topological polar surface area (TPSA) is 46.2 Å². The monoisotopic (exact) mass is 275 g/mol. The summed E-state index contributed by atoms with van der Waals surface area (Å²) in [5, 5.41) is 10.7. The third-order valence-electron chi connectivity index (χ3n) is 3.54. The van der Waals surface area contributed by atoms with Crippen LogP contribution in [0.1, 0.15) is 37.5 Å². The summed E-state index contributed by atoms with van der Waals surface area (Å²) < 4.78 is 37.9. The zero-order valence-electron chi connectivity index (χ0n) is 11.6. The predicted octanol–water partition coefficient (Wildman–Crippen LogP) is 3.21. The van der Waals surface area contributed by atoms with Crippen molar-refractivity contribution in [1.82, 2.24) is 0 Å². The maximum absolute atomic E-state index is 12.6. The zero-order valence-corrected chi connectivity index (χ0v) is 11.6. The third kappa shape index (κ3) is 2.92. The number of nitrogens with two attached hydrogens (primary N) is 1. The summed E-state index contributed by atoms with van der Waals surface area (Å²) in [5.74, 6) is 0. The molecule has 108 valence electrons. The van der Waals surface area contributed by atoms with E-state index in [4.69, 9.17) is 5.73 Å². The Bertz CT molecular complexity index is 463. The molecule has 2 nitrogen and oxygen atoms in total. The van der Waals surface area contributed by atoms with E-state index in [1.807, 2.05) is 0 Å². The van der Waals surface area contributed by atoms with E-state index in [1.54, 1.807) is 27.7 Å². The van der Waals surface area contributed by atoms with Crippen LogP contribution in [0.25, 0.3) is 0 Å². The minimum absolute atomic E-state index is 0.0529. The van der Waals surface area contributed by atoms with E-state index in [-0.39, 0.29) is 6.54 Å². The molecule has 3 N–H and O–H groups in total. The summed E-state index contributed by atoms with van der Waals surface area (Å²) >= 11 is 0. The number of benzene rings is 1. The zero-order chi connectivity index (χ0) is 15.1. The van der Waals surface area contributed by atoms with Crippen LogP contribution in [-0.2, 0) is 11.8 Å². The first-order valence-corrected chi connectivity index (χ1v) is 6.04. The number of aliphatic hydroxyl groups is 1. The Morgan fingerprint density at radius 2 is 1.68 bits per heavy atom. The van der Waals surface area contributed by atoms with Gasteiger partial charge in [-0.05, 0) is 35.6 Å². The average Bonchev–Trinajstić information content (AvgIpc) is 2.25. The number of aryl methyl sites for hydroxylation is 1. The highest BCUT2D eigenvalue weighted by atomic mass is 19.4. The van der Waals surface area contributed by atoms with Crippen LogP contribution in [0.15, 0.2) is 18.2 Å². The van der Waals surface area contributed by atoms with E-state index in [2.05, 4.69) is 0 Å². The maximum Gasteiger partial charge on any atom is 0.416 e. The van der Waals surface area contributed by atoms with Gasteiger partial charge in [0.25, 0.3) is 0 Å². The van der Waals surface area contributed by atoms with Crippen LogP contribution in [0.4, 0.5) is 13.2 Å². The lowest BCUT2D eigenvalue weighted by atomic mass is 9.71. The minimum Gasteiger partial charge on any atom is -0.383 e. The van der Waals surface area contributed by atoms with E-state index in [0.717, 1.165) is 12.1 Å². The van der Waals surface area contributed by atoms with Gasteiger partial charge < -0.3 is 10.8 Å². The largest absolute Gasteiger partial charge is 0.416 e. The number of rotatable bonds is 2. The van der Waals surface area contributed by atoms with Crippen molar-refractivity contribution in [2.24, 2.45) is 11.1 Å². The van der Waals surface area contributed by atoms with E-state index < -0.39 is 22.8 Å². The van der Waals surface area contributed by atoms with Gasteiger partial charge >= 0.3 is 6.18 Å². The Hall–Kier alpha value is -1.07. The van der Waals surface area contributed by atoms with Crippen LogP contribution in [0.3, 0.4) is 0 Å². The minimum atomic E-state index is -4.38. The molecule has 1 rings (SSSR count). The summed E-state index contributed by atoms with van der Waals surface area (Å²) in [6, 6.07) is 3.34. The molecule has 0 heterocycles. The number of alkyl halides is 3. The fourth-order valence-corrected chi connectivity index (χ4v) is 2.12. The summed E-state index contributed by atoms with van der Waals surface area (Å²) in [6.07, 6.45) is -4.38. The van der Waals surface area contributed by atoms with Gasteiger partial charge in [-0.15, -0.1) is 0 Å². The first-order chi connectivity index (χ1) is 8.43. The fraction of sp³-hybridized carbons (Fsp3) is 0.571. The Morgan fingerprint density at radius 3 is 2.00 bits per heavy atom. The van der Waals surface area contributed by atoms with Crippen molar-refractivity contribution in [3.63, 3.8) is 0 Å². The molecule has 0 aromatic heterocycles. The molecule has 1 atom stereocenters. The first kappa shape index (κ1) is 16.0. The van der Waals surface area contributed by atoms with E-state index in [0.29, 0.717) is 11.1 Å². The molecule has 1 aromatic rings. The van der Waals surface area contributed by atoms with E-state index >= 15 is 0 Å². The van der Waals surface area contributed by atoms with Gasteiger partial charge in [-0.2, -0.15) is 13.2 Å². The lowest BCUT2D eigenvalue weighted by Crippen LogP contribution is -2.46. The molecule has 0 saturated heterocycles. The highest BCUT2D eigenvalue weighted by Crippen LogP contribution is 2.41. The second kappa shape index (κ2) is 4.80. The van der Waals surface area contributed by atoms with Gasteiger partial charge in [0, 0.05) is 6.54 Å². The second-order valence-corrected chi connectivity index (χ2v) is 5.84. The van der Waals surface area contributed by atoms with Crippen molar-refractivity contribution in [2.45, 2.75) is 39.5 Å². The van der Waals surface area contributed by atoms with E-state index in [1.165, 1.54) is 6.07 Å². The Kier molecular flexibility index (Phi) is 4.04. The Balaban J connectivity index is 3.37. The molecular weight excluding hydrogens is 255 g/mol. The highest BCUT2D eigenvalue weighted by molar-refractivity contribution is 5.37. The van der Waals surface area contributed by atoms with Gasteiger partial charge in [-0.3, -0.25) is 0 Å². The third-order valence-corrected chi connectivity index (χ3v) is 3.54. The predicted molar refractivity (Wildman–Crippen MR) is 68.6 cm³/mol. The summed E-state index contributed by atoms with van der Waals surface area (Å²) in [6.45, 7) is 6.91. The molecule has 0 fully saturated rings. The lowest BCUT2D eigenvalue weighted by molar-refractivity contribution is -0.137. The molecule has 19 heavy (non-hydrogen) atoms. The average molecular weight is 275 g/mol. The van der Waals surface area contributed by atoms with Crippen LogP contribution in [0, 0.1) is 12.3 Å². The van der Waals surface area contributed by atoms with Gasteiger partial charge in [0.15, 0.2) is 0 Å². The normalized spacial score (nSPS) is 16.3. The van der Waals surface area contributed by atoms with Crippen molar-refractivity contribution >= 4 is 0 Å². The van der Waals surface area contributed by atoms with Crippen molar-refractivity contribution < 1.29 is 18.3 Å². The molecule has 0 aliphatic heterocycles. The molecule has 1 unspecified atom stereocenters. The molecule has 0 amide bonds. The van der Waals surface area contributed by atoms with Crippen molar-refractivity contribution in [3.8, 4) is 0 Å². The van der Waals surface area contributed by atoms with Crippen LogP contribution >= 0.6 is 0 Å². The van der Waals surface area contributed by atoms with Crippen LogP contribution in [-0.4, -0.2) is 11.7 Å². The van der Waals surface area contributed by atoms with Gasteiger partial charge in [-0.1, -0.05) is 26.8 Å². The molecule has 0 spiro atoms. The quantitative estimate of drug-likeness (QED) is 0.870. The summed E-state index contributed by atoms with van der Waals surface area (Å²) in [5.41, 5.74) is 3.82. The number of halogens is 3. The van der Waals surface area contributed by atoms with Gasteiger partial charge in [0.2, 0.25) is 0 Å².